The lowest BCUT2D eigenvalue weighted by molar-refractivity contribution is -0.123. The summed E-state index contributed by atoms with van der Waals surface area (Å²) in [5, 5.41) is 9.30. The van der Waals surface area contributed by atoms with Crippen LogP contribution in [0.1, 0.15) is 5.82 Å². The van der Waals surface area contributed by atoms with Gasteiger partial charge in [-0.05, 0) is 6.92 Å². The van der Waals surface area contributed by atoms with Gasteiger partial charge in [-0.25, -0.2) is 4.98 Å². The zero-order valence-corrected chi connectivity index (χ0v) is 10.1. The Kier molecular flexibility index (Phi) is 4.11. The molecule has 0 aromatic carbocycles. The Bertz CT molecular complexity index is 370. The average molecular weight is 237 g/mol. The molecule has 0 spiro atoms. The molecule has 94 valence electrons. The van der Waals surface area contributed by atoms with Crippen LogP contribution in [0.3, 0.4) is 0 Å². The van der Waals surface area contributed by atoms with Crippen molar-refractivity contribution in [3.63, 3.8) is 0 Å². The van der Waals surface area contributed by atoms with Crippen molar-refractivity contribution >= 4 is 5.91 Å². The molecule has 1 aromatic rings. The van der Waals surface area contributed by atoms with Crippen molar-refractivity contribution in [3.8, 4) is 0 Å². The van der Waals surface area contributed by atoms with E-state index in [2.05, 4.69) is 20.9 Å². The first kappa shape index (κ1) is 12.1. The Morgan fingerprint density at radius 2 is 2.53 bits per heavy atom. The second kappa shape index (κ2) is 5.79. The molecule has 0 bridgehead atoms. The van der Waals surface area contributed by atoms with Crippen molar-refractivity contribution in [2.24, 2.45) is 0 Å². The van der Waals surface area contributed by atoms with Crippen LogP contribution in [0.2, 0.25) is 0 Å². The maximum absolute atomic E-state index is 11.8. The number of carbonyl (C=O) groups is 1. The Hall–Kier alpha value is -1.40. The molecule has 0 saturated carbocycles. The maximum Gasteiger partial charge on any atom is 0.238 e. The van der Waals surface area contributed by atoms with Crippen molar-refractivity contribution in [3.05, 3.63) is 18.2 Å². The van der Waals surface area contributed by atoms with E-state index in [1.807, 2.05) is 17.7 Å². The molecule has 1 aromatic heterocycles. The van der Waals surface area contributed by atoms with Crippen LogP contribution >= 0.6 is 0 Å². The van der Waals surface area contributed by atoms with Crippen molar-refractivity contribution < 1.29 is 4.79 Å². The van der Waals surface area contributed by atoms with Crippen LogP contribution < -0.4 is 16.0 Å². The highest BCUT2D eigenvalue weighted by atomic mass is 16.2. The van der Waals surface area contributed by atoms with Gasteiger partial charge in [-0.15, -0.1) is 0 Å². The predicted molar refractivity (Wildman–Crippen MR) is 64.6 cm³/mol. The highest BCUT2D eigenvalue weighted by Gasteiger charge is 2.19. The molecule has 0 aliphatic carbocycles. The van der Waals surface area contributed by atoms with E-state index in [9.17, 15) is 4.79 Å². The van der Waals surface area contributed by atoms with Gasteiger partial charge in [-0.2, -0.15) is 0 Å². The molecule has 6 nitrogen and oxygen atoms in total. The van der Waals surface area contributed by atoms with Crippen LogP contribution in [-0.2, 0) is 11.3 Å². The lowest BCUT2D eigenvalue weighted by Gasteiger charge is -2.23. The number of aryl methyl sites for hydroxylation is 1. The number of piperazine rings is 1. The Labute approximate surface area is 101 Å². The summed E-state index contributed by atoms with van der Waals surface area (Å²) in [5.41, 5.74) is 0. The predicted octanol–water partition coefficient (Wildman–Crippen LogP) is -1.13. The number of carbonyl (C=O) groups excluding carboxylic acids is 1. The van der Waals surface area contributed by atoms with Gasteiger partial charge in [0.25, 0.3) is 0 Å². The molecule has 0 radical (unpaired) electrons. The minimum atomic E-state index is -0.104. The fourth-order valence-electron chi connectivity index (χ4n) is 1.90. The first-order valence-electron chi connectivity index (χ1n) is 5.97. The van der Waals surface area contributed by atoms with E-state index in [1.165, 1.54) is 0 Å². The van der Waals surface area contributed by atoms with Gasteiger partial charge in [0.15, 0.2) is 0 Å². The maximum atomic E-state index is 11.8. The fraction of sp³-hybridized carbons (Fsp3) is 0.636. The number of nitrogens with zero attached hydrogens (tertiary/aromatic N) is 2. The van der Waals surface area contributed by atoms with Gasteiger partial charge in [0, 0.05) is 45.1 Å². The van der Waals surface area contributed by atoms with Crippen molar-refractivity contribution in [2.75, 3.05) is 26.2 Å². The number of nitrogens with one attached hydrogen (secondary N) is 3. The summed E-state index contributed by atoms with van der Waals surface area (Å²) in [7, 11) is 0. The third-order valence-corrected chi connectivity index (χ3v) is 2.93. The van der Waals surface area contributed by atoms with E-state index in [0.717, 1.165) is 25.5 Å². The summed E-state index contributed by atoms with van der Waals surface area (Å²) in [5.74, 6) is 1.03. The zero-order chi connectivity index (χ0) is 12.1. The van der Waals surface area contributed by atoms with E-state index < -0.39 is 0 Å². The normalized spacial score (nSPS) is 20.2. The Balaban J connectivity index is 1.71. The summed E-state index contributed by atoms with van der Waals surface area (Å²) >= 11 is 0. The van der Waals surface area contributed by atoms with Crippen LogP contribution in [0, 0.1) is 6.92 Å². The number of imidazole rings is 1. The molecule has 1 aliphatic rings. The second-order valence-corrected chi connectivity index (χ2v) is 4.17. The first-order chi connectivity index (χ1) is 8.27. The molecule has 2 rings (SSSR count). The molecular formula is C11H19N5O. The largest absolute Gasteiger partial charge is 0.353 e. The Morgan fingerprint density at radius 1 is 1.65 bits per heavy atom. The smallest absolute Gasteiger partial charge is 0.238 e. The minimum Gasteiger partial charge on any atom is -0.353 e. The van der Waals surface area contributed by atoms with Crippen molar-refractivity contribution in [1.29, 1.82) is 0 Å². The van der Waals surface area contributed by atoms with Gasteiger partial charge in [0.1, 0.15) is 5.82 Å². The standard InChI is InChI=1S/C11H19N5O/c1-9-13-4-6-16(9)7-5-15-11(17)10-8-12-2-3-14-10/h4,6,10,12,14H,2-3,5,7-8H2,1H3,(H,15,17). The number of amides is 1. The van der Waals surface area contributed by atoms with E-state index >= 15 is 0 Å². The van der Waals surface area contributed by atoms with Gasteiger partial charge < -0.3 is 20.5 Å². The molecule has 1 fully saturated rings. The molecule has 17 heavy (non-hydrogen) atoms. The van der Waals surface area contributed by atoms with Crippen LogP contribution in [0.5, 0.6) is 0 Å². The third kappa shape index (κ3) is 3.28. The summed E-state index contributed by atoms with van der Waals surface area (Å²) < 4.78 is 2.02. The molecule has 1 aliphatic heterocycles. The van der Waals surface area contributed by atoms with E-state index in [1.54, 1.807) is 6.20 Å². The van der Waals surface area contributed by atoms with Crippen LogP contribution in [0.15, 0.2) is 12.4 Å². The molecule has 1 saturated heterocycles. The lowest BCUT2D eigenvalue weighted by Crippen LogP contribution is -2.55. The van der Waals surface area contributed by atoms with Crippen LogP contribution in [0.4, 0.5) is 0 Å². The summed E-state index contributed by atoms with van der Waals surface area (Å²) in [6.45, 7) is 5.83. The first-order valence-corrected chi connectivity index (χ1v) is 5.97. The molecule has 1 atom stereocenters. The number of hydrogen-bond acceptors (Lipinski definition) is 4. The van der Waals surface area contributed by atoms with E-state index in [0.29, 0.717) is 13.1 Å². The SMILES string of the molecule is Cc1nccn1CCNC(=O)C1CNCCN1. The van der Waals surface area contributed by atoms with Gasteiger partial charge in [0.05, 0.1) is 6.04 Å². The van der Waals surface area contributed by atoms with Gasteiger partial charge in [0.2, 0.25) is 5.91 Å². The fourth-order valence-corrected chi connectivity index (χ4v) is 1.90. The van der Waals surface area contributed by atoms with E-state index in [4.69, 9.17) is 0 Å². The van der Waals surface area contributed by atoms with Crippen molar-refractivity contribution in [1.82, 2.24) is 25.5 Å². The number of aromatic nitrogens is 2. The highest BCUT2D eigenvalue weighted by Crippen LogP contribution is 1.94. The van der Waals surface area contributed by atoms with Gasteiger partial charge >= 0.3 is 0 Å². The topological polar surface area (TPSA) is 71.0 Å². The molecule has 2 heterocycles. The van der Waals surface area contributed by atoms with Gasteiger partial charge in [-0.3, -0.25) is 4.79 Å². The monoisotopic (exact) mass is 237 g/mol. The quantitative estimate of drug-likeness (QED) is 0.620. The molecule has 3 N–H and O–H groups in total. The second-order valence-electron chi connectivity index (χ2n) is 4.17. The molecule has 1 amide bonds. The van der Waals surface area contributed by atoms with Gasteiger partial charge in [-0.1, -0.05) is 0 Å². The zero-order valence-electron chi connectivity index (χ0n) is 10.1. The van der Waals surface area contributed by atoms with Crippen LogP contribution in [-0.4, -0.2) is 47.7 Å². The minimum absolute atomic E-state index is 0.0648. The lowest BCUT2D eigenvalue weighted by atomic mass is 10.2. The summed E-state index contributed by atoms with van der Waals surface area (Å²) in [6.07, 6.45) is 3.69. The van der Waals surface area contributed by atoms with Crippen molar-refractivity contribution in [2.45, 2.75) is 19.5 Å². The molecular weight excluding hydrogens is 218 g/mol. The molecule has 1 unspecified atom stereocenters. The average Bonchev–Trinajstić information content (AvgIpc) is 2.76. The summed E-state index contributed by atoms with van der Waals surface area (Å²) in [4.78, 5) is 15.9. The third-order valence-electron chi connectivity index (χ3n) is 2.93. The summed E-state index contributed by atoms with van der Waals surface area (Å²) in [6, 6.07) is -0.104. The number of hydrogen-bond donors (Lipinski definition) is 3. The Morgan fingerprint density at radius 3 is 3.18 bits per heavy atom. The molecule has 6 heteroatoms. The number of rotatable bonds is 4. The highest BCUT2D eigenvalue weighted by molar-refractivity contribution is 5.82. The van der Waals surface area contributed by atoms with E-state index in [-0.39, 0.29) is 11.9 Å². The van der Waals surface area contributed by atoms with Crippen LogP contribution in [0.25, 0.3) is 0 Å².